The minimum Gasteiger partial charge on any atom is -0.284 e. The second-order valence-corrected chi connectivity index (χ2v) is 9.69. The lowest BCUT2D eigenvalue weighted by Crippen LogP contribution is -2.25. The normalized spacial score (nSPS) is 31.2. The van der Waals surface area contributed by atoms with E-state index in [-0.39, 0.29) is 18.3 Å². The summed E-state index contributed by atoms with van der Waals surface area (Å²) in [7, 11) is -3.44. The molecule has 0 saturated heterocycles. The molecule has 24 heavy (non-hydrogen) atoms. The monoisotopic (exact) mass is 358 g/mol. The van der Waals surface area contributed by atoms with E-state index in [0.717, 1.165) is 83.0 Å². The maximum Gasteiger partial charge on any atom is 0.475 e. The van der Waals surface area contributed by atoms with Gasteiger partial charge in [0.2, 0.25) is 0 Å². The molecule has 3 fully saturated rings. The van der Waals surface area contributed by atoms with Crippen molar-refractivity contribution in [1.82, 2.24) is 0 Å². The van der Waals surface area contributed by atoms with Gasteiger partial charge < -0.3 is 0 Å². The largest absolute Gasteiger partial charge is 0.475 e. The van der Waals surface area contributed by atoms with E-state index in [4.69, 9.17) is 13.6 Å². The Bertz CT molecular complexity index is 384. The Morgan fingerprint density at radius 3 is 1.38 bits per heavy atom. The highest BCUT2D eigenvalue weighted by molar-refractivity contribution is 7.48. The first-order valence-corrected chi connectivity index (χ1v) is 11.7. The molecule has 0 unspecified atom stereocenters. The predicted octanol–water partition coefficient (Wildman–Crippen LogP) is 6.39. The van der Waals surface area contributed by atoms with Gasteiger partial charge >= 0.3 is 7.82 Å². The average molecular weight is 358 g/mol. The van der Waals surface area contributed by atoms with Crippen LogP contribution in [0.5, 0.6) is 0 Å². The van der Waals surface area contributed by atoms with Crippen molar-refractivity contribution >= 4 is 7.82 Å². The third-order valence-electron chi connectivity index (χ3n) is 5.90. The van der Waals surface area contributed by atoms with Crippen LogP contribution in [0.3, 0.4) is 0 Å². The van der Waals surface area contributed by atoms with Gasteiger partial charge in [-0.15, -0.1) is 0 Å². The molecule has 0 spiro atoms. The summed E-state index contributed by atoms with van der Waals surface area (Å²) in [5, 5.41) is 0. The Labute approximate surface area is 147 Å². The Balaban J connectivity index is 1.60. The quantitative estimate of drug-likeness (QED) is 0.516. The lowest BCUT2D eigenvalue weighted by Gasteiger charge is -2.34. The number of phosphoric acid groups is 1. The SMILES string of the molecule is CC1CCC(OP(=O)(OC2CCCCC2)OC2CCCCC2)CC1. The number of phosphoric ester groups is 1. The van der Waals surface area contributed by atoms with Crippen molar-refractivity contribution in [3.63, 3.8) is 0 Å². The van der Waals surface area contributed by atoms with Gasteiger partial charge in [0, 0.05) is 0 Å². The van der Waals surface area contributed by atoms with Gasteiger partial charge in [-0.25, -0.2) is 4.57 Å². The van der Waals surface area contributed by atoms with Crippen molar-refractivity contribution in [2.24, 2.45) is 5.92 Å². The summed E-state index contributed by atoms with van der Waals surface area (Å²) in [5.74, 6) is 0.753. The molecule has 3 aliphatic rings. The van der Waals surface area contributed by atoms with Gasteiger partial charge in [-0.1, -0.05) is 45.4 Å². The van der Waals surface area contributed by atoms with E-state index in [1.54, 1.807) is 0 Å². The summed E-state index contributed by atoms with van der Waals surface area (Å²) >= 11 is 0. The fraction of sp³-hybridized carbons (Fsp3) is 1.00. The van der Waals surface area contributed by atoms with E-state index in [9.17, 15) is 4.57 Å². The molecule has 0 aliphatic heterocycles. The molecule has 0 heterocycles. The Morgan fingerprint density at radius 2 is 0.958 bits per heavy atom. The van der Waals surface area contributed by atoms with Crippen molar-refractivity contribution < 1.29 is 18.1 Å². The first-order valence-electron chi connectivity index (χ1n) is 10.3. The van der Waals surface area contributed by atoms with Crippen molar-refractivity contribution in [3.05, 3.63) is 0 Å². The molecule has 140 valence electrons. The first-order chi connectivity index (χ1) is 11.6. The van der Waals surface area contributed by atoms with Gasteiger partial charge in [-0.2, -0.15) is 0 Å². The van der Waals surface area contributed by atoms with Gasteiger partial charge in [0.25, 0.3) is 0 Å². The van der Waals surface area contributed by atoms with Gasteiger partial charge in [0.15, 0.2) is 0 Å². The van der Waals surface area contributed by atoms with Crippen molar-refractivity contribution in [2.75, 3.05) is 0 Å². The molecule has 0 radical (unpaired) electrons. The zero-order chi connectivity index (χ0) is 16.8. The van der Waals surface area contributed by atoms with Crippen LogP contribution in [0, 0.1) is 5.92 Å². The lowest BCUT2D eigenvalue weighted by atomic mass is 9.89. The van der Waals surface area contributed by atoms with Crippen LogP contribution in [0.15, 0.2) is 0 Å². The van der Waals surface area contributed by atoms with Crippen molar-refractivity contribution in [2.45, 2.75) is 115 Å². The van der Waals surface area contributed by atoms with E-state index < -0.39 is 7.82 Å². The molecule has 0 aromatic heterocycles. The highest BCUT2D eigenvalue weighted by Gasteiger charge is 2.38. The van der Waals surface area contributed by atoms with Crippen LogP contribution in [0.2, 0.25) is 0 Å². The summed E-state index contributed by atoms with van der Waals surface area (Å²) in [4.78, 5) is 0. The molecule has 0 bridgehead atoms. The summed E-state index contributed by atoms with van der Waals surface area (Å²) < 4.78 is 31.5. The van der Waals surface area contributed by atoms with Crippen LogP contribution >= 0.6 is 7.82 Å². The van der Waals surface area contributed by atoms with Crippen LogP contribution in [-0.4, -0.2) is 18.3 Å². The van der Waals surface area contributed by atoms with Crippen LogP contribution < -0.4 is 0 Å². The number of hydrogen-bond donors (Lipinski definition) is 0. The summed E-state index contributed by atoms with van der Waals surface area (Å²) in [6.45, 7) is 2.28. The minimum absolute atomic E-state index is 0.0409. The third kappa shape index (κ3) is 5.83. The molecule has 0 aromatic carbocycles. The van der Waals surface area contributed by atoms with Crippen molar-refractivity contribution in [1.29, 1.82) is 0 Å². The molecule has 0 amide bonds. The maximum atomic E-state index is 13.4. The molecule has 3 rings (SSSR count). The van der Waals surface area contributed by atoms with E-state index in [1.807, 2.05) is 0 Å². The molecule has 3 aliphatic carbocycles. The predicted molar refractivity (Wildman–Crippen MR) is 96.0 cm³/mol. The Kier molecular flexibility index (Phi) is 7.21. The van der Waals surface area contributed by atoms with E-state index >= 15 is 0 Å². The van der Waals surface area contributed by atoms with E-state index in [1.165, 1.54) is 12.8 Å². The molecule has 3 saturated carbocycles. The zero-order valence-electron chi connectivity index (χ0n) is 15.3. The van der Waals surface area contributed by atoms with Gasteiger partial charge in [0.1, 0.15) is 0 Å². The summed E-state index contributed by atoms with van der Waals surface area (Å²) in [6, 6.07) is 0. The summed E-state index contributed by atoms with van der Waals surface area (Å²) in [5.41, 5.74) is 0. The Morgan fingerprint density at radius 1 is 0.583 bits per heavy atom. The second kappa shape index (κ2) is 9.16. The van der Waals surface area contributed by atoms with Gasteiger partial charge in [0.05, 0.1) is 18.3 Å². The number of hydrogen-bond acceptors (Lipinski definition) is 4. The molecular formula is C19H35O4P. The molecule has 4 nitrogen and oxygen atoms in total. The van der Waals surface area contributed by atoms with Crippen LogP contribution in [-0.2, 0) is 18.1 Å². The smallest absolute Gasteiger partial charge is 0.284 e. The van der Waals surface area contributed by atoms with Gasteiger partial charge in [-0.3, -0.25) is 13.6 Å². The van der Waals surface area contributed by atoms with E-state index in [2.05, 4.69) is 6.92 Å². The maximum absolute atomic E-state index is 13.4. The fourth-order valence-corrected chi connectivity index (χ4v) is 6.18. The molecule has 0 aromatic rings. The molecular weight excluding hydrogens is 323 g/mol. The van der Waals surface area contributed by atoms with Crippen molar-refractivity contribution in [3.8, 4) is 0 Å². The lowest BCUT2D eigenvalue weighted by molar-refractivity contribution is 0.00349. The zero-order valence-corrected chi connectivity index (χ0v) is 16.2. The highest BCUT2D eigenvalue weighted by Crippen LogP contribution is 2.56. The van der Waals surface area contributed by atoms with Crippen LogP contribution in [0.1, 0.15) is 96.8 Å². The minimum atomic E-state index is -3.44. The fourth-order valence-electron chi connectivity index (χ4n) is 4.30. The first kappa shape index (κ1) is 18.9. The number of rotatable bonds is 6. The van der Waals surface area contributed by atoms with Crippen LogP contribution in [0.4, 0.5) is 0 Å². The van der Waals surface area contributed by atoms with Gasteiger partial charge in [-0.05, 0) is 57.3 Å². The standard InChI is InChI=1S/C19H35O4P/c1-16-12-14-19(15-13-16)23-24(20,21-17-8-4-2-5-9-17)22-18-10-6-3-7-11-18/h16-19H,2-15H2,1H3. The van der Waals surface area contributed by atoms with Crippen LogP contribution in [0.25, 0.3) is 0 Å². The summed E-state index contributed by atoms with van der Waals surface area (Å²) in [6.07, 6.45) is 15.5. The molecule has 0 N–H and O–H groups in total. The third-order valence-corrected chi connectivity index (χ3v) is 7.57. The topological polar surface area (TPSA) is 44.8 Å². The Hall–Kier alpha value is 0.110. The second-order valence-electron chi connectivity index (χ2n) is 8.17. The molecule has 0 atom stereocenters. The molecule has 5 heteroatoms. The highest BCUT2D eigenvalue weighted by atomic mass is 31.2. The van der Waals surface area contributed by atoms with E-state index in [0.29, 0.717) is 0 Å². The average Bonchev–Trinajstić information content (AvgIpc) is 2.58.